The van der Waals surface area contributed by atoms with Crippen LogP contribution in [0.4, 0.5) is 8.78 Å². The first-order valence-electron chi connectivity index (χ1n) is 5.32. The zero-order valence-corrected chi connectivity index (χ0v) is 9.45. The highest BCUT2D eigenvalue weighted by atomic mass is 19.1. The fourth-order valence-corrected chi connectivity index (χ4v) is 1.75. The molecule has 0 atom stereocenters. The van der Waals surface area contributed by atoms with Crippen LogP contribution in [0.5, 0.6) is 0 Å². The first-order valence-corrected chi connectivity index (χ1v) is 5.32. The topological polar surface area (TPSA) is 43.8 Å². The lowest BCUT2D eigenvalue weighted by Gasteiger charge is -2.07. The van der Waals surface area contributed by atoms with Gasteiger partial charge in [-0.1, -0.05) is 0 Å². The molecular weight excluding hydrogens is 224 g/mol. The van der Waals surface area contributed by atoms with Crippen LogP contribution in [-0.4, -0.2) is 16.3 Å². The van der Waals surface area contributed by atoms with Crippen molar-refractivity contribution >= 4 is 0 Å². The molecule has 0 aliphatic carbocycles. The minimum absolute atomic E-state index is 0.334. The van der Waals surface area contributed by atoms with E-state index in [-0.39, 0.29) is 0 Å². The van der Waals surface area contributed by atoms with Gasteiger partial charge in [0.15, 0.2) is 0 Å². The van der Waals surface area contributed by atoms with E-state index in [1.165, 1.54) is 12.1 Å². The van der Waals surface area contributed by atoms with Crippen molar-refractivity contribution in [3.05, 3.63) is 41.6 Å². The quantitative estimate of drug-likeness (QED) is 0.888. The molecule has 0 spiro atoms. The van der Waals surface area contributed by atoms with Gasteiger partial charge >= 0.3 is 0 Å². The predicted octanol–water partition coefficient (Wildman–Crippen LogP) is 2.10. The van der Waals surface area contributed by atoms with Gasteiger partial charge in [-0.2, -0.15) is 5.10 Å². The molecule has 0 aliphatic rings. The van der Waals surface area contributed by atoms with E-state index >= 15 is 0 Å². The lowest BCUT2D eigenvalue weighted by molar-refractivity contribution is 0.580. The maximum absolute atomic E-state index is 13.7. The fourth-order valence-electron chi connectivity index (χ4n) is 1.75. The number of benzene rings is 1. The van der Waals surface area contributed by atoms with Gasteiger partial charge < -0.3 is 5.73 Å². The number of nitrogens with two attached hydrogens (primary N) is 1. The summed E-state index contributed by atoms with van der Waals surface area (Å²) in [5.41, 5.74) is 7.19. The van der Waals surface area contributed by atoms with Crippen molar-refractivity contribution in [3.8, 4) is 11.3 Å². The van der Waals surface area contributed by atoms with E-state index in [1.807, 2.05) is 6.92 Å². The zero-order valence-electron chi connectivity index (χ0n) is 9.45. The van der Waals surface area contributed by atoms with Crippen LogP contribution in [0.2, 0.25) is 0 Å². The fraction of sp³-hybridized carbons (Fsp3) is 0.250. The summed E-state index contributed by atoms with van der Waals surface area (Å²) in [6.45, 7) is 2.73. The molecule has 17 heavy (non-hydrogen) atoms. The van der Waals surface area contributed by atoms with Crippen LogP contribution in [0.25, 0.3) is 11.3 Å². The summed E-state index contributed by atoms with van der Waals surface area (Å²) < 4.78 is 28.1. The normalized spacial score (nSPS) is 10.8. The third-order valence-corrected chi connectivity index (χ3v) is 2.45. The molecule has 2 rings (SSSR count). The van der Waals surface area contributed by atoms with Gasteiger partial charge in [0.25, 0.3) is 0 Å². The van der Waals surface area contributed by atoms with Crippen molar-refractivity contribution in [2.45, 2.75) is 13.5 Å². The summed E-state index contributed by atoms with van der Waals surface area (Å²) in [5.74, 6) is -1.18. The highest BCUT2D eigenvalue weighted by Crippen LogP contribution is 2.24. The average Bonchev–Trinajstić information content (AvgIpc) is 2.60. The van der Waals surface area contributed by atoms with Gasteiger partial charge in [0.05, 0.1) is 17.9 Å². The van der Waals surface area contributed by atoms with E-state index in [2.05, 4.69) is 5.10 Å². The maximum atomic E-state index is 13.7. The van der Waals surface area contributed by atoms with Gasteiger partial charge in [-0.15, -0.1) is 0 Å². The van der Waals surface area contributed by atoms with Crippen molar-refractivity contribution in [3.63, 3.8) is 0 Å². The molecule has 0 aliphatic heterocycles. The Hall–Kier alpha value is -1.75. The molecule has 1 aromatic heterocycles. The summed E-state index contributed by atoms with van der Waals surface area (Å²) in [6, 6.07) is 5.26. The van der Waals surface area contributed by atoms with E-state index in [0.29, 0.717) is 24.3 Å². The Balaban J connectivity index is 2.51. The Morgan fingerprint density at radius 1 is 1.29 bits per heavy atom. The summed E-state index contributed by atoms with van der Waals surface area (Å²) in [5, 5.41) is 4.22. The third kappa shape index (κ3) is 2.34. The number of hydrogen-bond acceptors (Lipinski definition) is 2. The standard InChI is InChI=1S/C12H13F2N3/c1-8-6-12(17(16-8)5-4-15)10-3-2-9(13)7-11(10)14/h2-3,6-7H,4-5,15H2,1H3. The zero-order chi connectivity index (χ0) is 12.4. The lowest BCUT2D eigenvalue weighted by atomic mass is 10.1. The lowest BCUT2D eigenvalue weighted by Crippen LogP contribution is -2.12. The second kappa shape index (κ2) is 4.63. The molecule has 5 heteroatoms. The van der Waals surface area contributed by atoms with E-state index in [9.17, 15) is 8.78 Å². The summed E-state index contributed by atoms with van der Waals surface area (Å²) in [6.07, 6.45) is 0. The molecule has 0 fully saturated rings. The van der Waals surface area contributed by atoms with Crippen molar-refractivity contribution in [1.82, 2.24) is 9.78 Å². The van der Waals surface area contributed by atoms with Crippen molar-refractivity contribution < 1.29 is 8.78 Å². The highest BCUT2D eigenvalue weighted by molar-refractivity contribution is 5.60. The molecular formula is C12H13F2N3. The number of nitrogens with zero attached hydrogens (tertiary/aromatic N) is 2. The van der Waals surface area contributed by atoms with Gasteiger partial charge in [-0.3, -0.25) is 4.68 Å². The van der Waals surface area contributed by atoms with E-state index in [1.54, 1.807) is 10.7 Å². The smallest absolute Gasteiger partial charge is 0.135 e. The number of hydrogen-bond donors (Lipinski definition) is 1. The van der Waals surface area contributed by atoms with Crippen LogP contribution in [0.15, 0.2) is 24.3 Å². The molecule has 0 saturated carbocycles. The van der Waals surface area contributed by atoms with Crippen LogP contribution in [0.3, 0.4) is 0 Å². The highest BCUT2D eigenvalue weighted by Gasteiger charge is 2.12. The number of rotatable bonds is 3. The van der Waals surface area contributed by atoms with Crippen LogP contribution in [-0.2, 0) is 6.54 Å². The van der Waals surface area contributed by atoms with Gasteiger partial charge in [0, 0.05) is 18.2 Å². The van der Waals surface area contributed by atoms with Crippen LogP contribution in [0, 0.1) is 18.6 Å². The molecule has 1 heterocycles. The molecule has 0 saturated heterocycles. The summed E-state index contributed by atoms with van der Waals surface area (Å²) in [4.78, 5) is 0. The van der Waals surface area contributed by atoms with E-state index < -0.39 is 11.6 Å². The Morgan fingerprint density at radius 3 is 2.71 bits per heavy atom. The largest absolute Gasteiger partial charge is 0.329 e. The number of aromatic nitrogens is 2. The van der Waals surface area contributed by atoms with Crippen molar-refractivity contribution in [2.75, 3.05) is 6.54 Å². The Morgan fingerprint density at radius 2 is 2.06 bits per heavy atom. The van der Waals surface area contributed by atoms with Gasteiger partial charge in [0.2, 0.25) is 0 Å². The first-order chi connectivity index (χ1) is 8.11. The molecule has 90 valence electrons. The molecule has 3 nitrogen and oxygen atoms in total. The number of halogens is 2. The van der Waals surface area contributed by atoms with Gasteiger partial charge in [-0.05, 0) is 25.1 Å². The predicted molar refractivity (Wildman–Crippen MR) is 61.4 cm³/mol. The SMILES string of the molecule is Cc1cc(-c2ccc(F)cc2F)n(CCN)n1. The molecule has 0 bridgehead atoms. The minimum Gasteiger partial charge on any atom is -0.329 e. The second-order valence-electron chi connectivity index (χ2n) is 3.81. The minimum atomic E-state index is -0.594. The summed E-state index contributed by atoms with van der Waals surface area (Å²) in [7, 11) is 0. The van der Waals surface area contributed by atoms with Crippen LogP contribution in [0.1, 0.15) is 5.69 Å². The van der Waals surface area contributed by atoms with Gasteiger partial charge in [0.1, 0.15) is 11.6 Å². The van der Waals surface area contributed by atoms with Crippen LogP contribution < -0.4 is 5.73 Å². The molecule has 2 aromatic rings. The summed E-state index contributed by atoms with van der Waals surface area (Å²) >= 11 is 0. The van der Waals surface area contributed by atoms with Gasteiger partial charge in [-0.25, -0.2) is 8.78 Å². The maximum Gasteiger partial charge on any atom is 0.135 e. The van der Waals surface area contributed by atoms with Crippen molar-refractivity contribution in [2.24, 2.45) is 5.73 Å². The Labute approximate surface area is 97.9 Å². The van der Waals surface area contributed by atoms with Crippen LogP contribution >= 0.6 is 0 Å². The second-order valence-corrected chi connectivity index (χ2v) is 3.81. The average molecular weight is 237 g/mol. The van der Waals surface area contributed by atoms with E-state index in [0.717, 1.165) is 11.8 Å². The Kier molecular flexibility index (Phi) is 3.19. The molecule has 0 unspecified atom stereocenters. The van der Waals surface area contributed by atoms with E-state index in [4.69, 9.17) is 5.73 Å². The Bertz CT molecular complexity index is 535. The first kappa shape index (κ1) is 11.7. The molecule has 0 amide bonds. The molecule has 0 radical (unpaired) electrons. The third-order valence-electron chi connectivity index (χ3n) is 2.45. The molecule has 2 N–H and O–H groups in total. The molecule has 1 aromatic carbocycles. The monoisotopic (exact) mass is 237 g/mol. The number of aryl methyl sites for hydroxylation is 1. The van der Waals surface area contributed by atoms with Crippen molar-refractivity contribution in [1.29, 1.82) is 0 Å².